The maximum atomic E-state index is 5.65. The molecule has 134 valence electrons. The minimum Gasteiger partial charge on any atom is -0.469 e. The normalized spacial score (nSPS) is 17.6. The van der Waals surface area contributed by atoms with E-state index in [0.717, 1.165) is 62.8 Å². The fourth-order valence-electron chi connectivity index (χ4n) is 2.77. The summed E-state index contributed by atoms with van der Waals surface area (Å²) in [5.41, 5.74) is 1.07. The van der Waals surface area contributed by atoms with Crippen LogP contribution >= 0.6 is 0 Å². The van der Waals surface area contributed by atoms with Crippen LogP contribution in [0.3, 0.4) is 0 Å². The first-order valence-corrected chi connectivity index (χ1v) is 8.96. The number of pyridine rings is 1. The summed E-state index contributed by atoms with van der Waals surface area (Å²) >= 11 is 0. The highest BCUT2D eigenvalue weighted by Gasteiger charge is 2.14. The highest BCUT2D eigenvalue weighted by molar-refractivity contribution is 5.79. The summed E-state index contributed by atoms with van der Waals surface area (Å²) in [5.74, 6) is 1.79. The largest absolute Gasteiger partial charge is 0.469 e. The van der Waals surface area contributed by atoms with Crippen molar-refractivity contribution in [1.29, 1.82) is 0 Å². The molecule has 1 aliphatic heterocycles. The Labute approximate surface area is 148 Å². The van der Waals surface area contributed by atoms with Gasteiger partial charge in [-0.3, -0.25) is 9.98 Å². The second-order valence-electron chi connectivity index (χ2n) is 6.08. The summed E-state index contributed by atoms with van der Waals surface area (Å²) in [7, 11) is 0. The SMILES string of the molecule is c1ccc(CCNC(=NCC2CCCO2)NCCc2ccco2)nc1. The molecule has 1 aliphatic rings. The lowest BCUT2D eigenvalue weighted by atomic mass is 10.2. The van der Waals surface area contributed by atoms with Crippen LogP contribution in [0.4, 0.5) is 0 Å². The van der Waals surface area contributed by atoms with Gasteiger partial charge in [0.2, 0.25) is 0 Å². The van der Waals surface area contributed by atoms with E-state index in [1.165, 1.54) is 0 Å². The van der Waals surface area contributed by atoms with E-state index in [9.17, 15) is 0 Å². The Balaban J connectivity index is 1.46. The summed E-state index contributed by atoms with van der Waals surface area (Å²) in [4.78, 5) is 9.02. The molecule has 3 heterocycles. The first kappa shape index (κ1) is 17.5. The summed E-state index contributed by atoms with van der Waals surface area (Å²) in [6.07, 6.45) is 7.69. The van der Waals surface area contributed by atoms with Crippen LogP contribution in [0.15, 0.2) is 52.2 Å². The third kappa shape index (κ3) is 6.23. The van der Waals surface area contributed by atoms with Crippen LogP contribution in [-0.2, 0) is 17.6 Å². The number of rotatable bonds is 8. The van der Waals surface area contributed by atoms with Crippen LogP contribution in [0.2, 0.25) is 0 Å². The molecule has 2 N–H and O–H groups in total. The van der Waals surface area contributed by atoms with Crippen LogP contribution in [0.25, 0.3) is 0 Å². The molecule has 0 aliphatic carbocycles. The zero-order valence-electron chi connectivity index (χ0n) is 14.5. The van der Waals surface area contributed by atoms with Gasteiger partial charge in [-0.1, -0.05) is 6.07 Å². The molecule has 6 nitrogen and oxygen atoms in total. The summed E-state index contributed by atoms with van der Waals surface area (Å²) in [6.45, 7) is 3.11. The number of hydrogen-bond acceptors (Lipinski definition) is 4. The molecule has 1 saturated heterocycles. The standard InChI is InChI=1S/C19H26N4O2/c1-2-10-20-16(5-1)8-11-21-19(23-15-18-7-4-14-25-18)22-12-9-17-6-3-13-24-17/h1-3,5-6,10,13,18H,4,7-9,11-12,14-15H2,(H2,21,22,23). The molecule has 0 aromatic carbocycles. The predicted molar refractivity (Wildman–Crippen MR) is 97.6 cm³/mol. The maximum absolute atomic E-state index is 5.65. The predicted octanol–water partition coefficient (Wildman–Crippen LogP) is 2.17. The van der Waals surface area contributed by atoms with Gasteiger partial charge in [-0.05, 0) is 37.1 Å². The van der Waals surface area contributed by atoms with E-state index in [4.69, 9.17) is 9.15 Å². The van der Waals surface area contributed by atoms with Gasteiger partial charge in [0.1, 0.15) is 5.76 Å². The van der Waals surface area contributed by atoms with Crippen LogP contribution in [-0.4, -0.2) is 43.3 Å². The molecule has 0 radical (unpaired) electrons. The summed E-state index contributed by atoms with van der Waals surface area (Å²) < 4.78 is 11.0. The lowest BCUT2D eigenvalue weighted by Crippen LogP contribution is -2.40. The molecule has 0 amide bonds. The molecule has 2 aromatic rings. The average Bonchev–Trinajstić information content (AvgIpc) is 3.34. The molecule has 1 unspecified atom stereocenters. The smallest absolute Gasteiger partial charge is 0.191 e. The molecule has 2 aromatic heterocycles. The molecule has 0 saturated carbocycles. The topological polar surface area (TPSA) is 71.7 Å². The summed E-state index contributed by atoms with van der Waals surface area (Å²) in [6, 6.07) is 9.87. The zero-order chi connectivity index (χ0) is 17.2. The minimum atomic E-state index is 0.250. The van der Waals surface area contributed by atoms with Gasteiger partial charge >= 0.3 is 0 Å². The Hall–Kier alpha value is -2.34. The van der Waals surface area contributed by atoms with Gasteiger partial charge in [0.05, 0.1) is 18.9 Å². The number of aromatic nitrogens is 1. The number of nitrogens with one attached hydrogen (secondary N) is 2. The van der Waals surface area contributed by atoms with Crippen molar-refractivity contribution in [3.63, 3.8) is 0 Å². The minimum absolute atomic E-state index is 0.250. The van der Waals surface area contributed by atoms with Crippen molar-refractivity contribution in [3.05, 3.63) is 54.2 Å². The number of hydrogen-bond donors (Lipinski definition) is 2. The van der Waals surface area contributed by atoms with Gasteiger partial charge in [-0.2, -0.15) is 0 Å². The summed E-state index contributed by atoms with van der Waals surface area (Å²) in [5, 5.41) is 6.76. The van der Waals surface area contributed by atoms with Crippen molar-refractivity contribution >= 4 is 5.96 Å². The number of aliphatic imine (C=N–C) groups is 1. The molecule has 1 fully saturated rings. The fourth-order valence-corrected chi connectivity index (χ4v) is 2.77. The van der Waals surface area contributed by atoms with Crippen molar-refractivity contribution in [1.82, 2.24) is 15.6 Å². The third-order valence-corrected chi connectivity index (χ3v) is 4.12. The highest BCUT2D eigenvalue weighted by Crippen LogP contribution is 2.11. The van der Waals surface area contributed by atoms with Crippen molar-refractivity contribution in [2.75, 3.05) is 26.2 Å². The molecule has 3 rings (SSSR count). The Morgan fingerprint density at radius 3 is 2.80 bits per heavy atom. The van der Waals surface area contributed by atoms with E-state index in [2.05, 4.69) is 20.6 Å². The fraction of sp³-hybridized carbons (Fsp3) is 0.474. The molecule has 0 spiro atoms. The molecule has 0 bridgehead atoms. The molecule has 1 atom stereocenters. The lowest BCUT2D eigenvalue weighted by molar-refractivity contribution is 0.117. The highest BCUT2D eigenvalue weighted by atomic mass is 16.5. The molecule has 6 heteroatoms. The van der Waals surface area contributed by atoms with Crippen molar-refractivity contribution < 1.29 is 9.15 Å². The van der Waals surface area contributed by atoms with Crippen LogP contribution in [0.5, 0.6) is 0 Å². The zero-order valence-corrected chi connectivity index (χ0v) is 14.5. The number of furan rings is 1. The van der Waals surface area contributed by atoms with Gasteiger partial charge in [-0.15, -0.1) is 0 Å². The van der Waals surface area contributed by atoms with Crippen molar-refractivity contribution in [3.8, 4) is 0 Å². The second-order valence-corrected chi connectivity index (χ2v) is 6.08. The Morgan fingerprint density at radius 2 is 2.08 bits per heavy atom. The first-order valence-electron chi connectivity index (χ1n) is 8.96. The quantitative estimate of drug-likeness (QED) is 0.568. The average molecular weight is 342 g/mol. The van der Waals surface area contributed by atoms with Crippen molar-refractivity contribution in [2.24, 2.45) is 4.99 Å². The first-order chi connectivity index (χ1) is 12.4. The van der Waals surface area contributed by atoms with Gasteiger partial charge in [-0.25, -0.2) is 0 Å². The molecular weight excluding hydrogens is 316 g/mol. The van der Waals surface area contributed by atoms with Gasteiger partial charge in [0.25, 0.3) is 0 Å². The van der Waals surface area contributed by atoms with E-state index in [1.807, 2.05) is 36.5 Å². The van der Waals surface area contributed by atoms with Crippen LogP contribution in [0, 0.1) is 0 Å². The van der Waals surface area contributed by atoms with E-state index in [-0.39, 0.29) is 6.10 Å². The van der Waals surface area contributed by atoms with Gasteiger partial charge in [0.15, 0.2) is 5.96 Å². The lowest BCUT2D eigenvalue weighted by Gasteiger charge is -2.13. The second kappa shape index (κ2) is 9.84. The van der Waals surface area contributed by atoms with Gasteiger partial charge < -0.3 is 19.8 Å². The monoisotopic (exact) mass is 342 g/mol. The maximum Gasteiger partial charge on any atom is 0.191 e. The number of nitrogens with zero attached hydrogens (tertiary/aromatic N) is 2. The number of guanidine groups is 1. The molecular formula is C19H26N4O2. The van der Waals surface area contributed by atoms with Crippen LogP contribution in [0.1, 0.15) is 24.3 Å². The Morgan fingerprint density at radius 1 is 1.16 bits per heavy atom. The van der Waals surface area contributed by atoms with E-state index in [1.54, 1.807) is 6.26 Å². The number of ether oxygens (including phenoxy) is 1. The van der Waals surface area contributed by atoms with Crippen LogP contribution < -0.4 is 10.6 Å². The third-order valence-electron chi connectivity index (χ3n) is 4.12. The van der Waals surface area contributed by atoms with E-state index < -0.39 is 0 Å². The van der Waals surface area contributed by atoms with Gasteiger partial charge in [0, 0.05) is 44.4 Å². The van der Waals surface area contributed by atoms with Crippen molar-refractivity contribution in [2.45, 2.75) is 31.8 Å². The van der Waals surface area contributed by atoms with E-state index >= 15 is 0 Å². The molecule has 25 heavy (non-hydrogen) atoms. The Bertz CT molecular complexity index is 622. The van der Waals surface area contributed by atoms with E-state index in [0.29, 0.717) is 6.54 Å². The Kier molecular flexibility index (Phi) is 6.88.